The molecule has 6 heteroatoms. The lowest BCUT2D eigenvalue weighted by Crippen LogP contribution is -2.15. The zero-order chi connectivity index (χ0) is 47.7. The van der Waals surface area contributed by atoms with Crippen molar-refractivity contribution in [2.24, 2.45) is 0 Å². The predicted molar refractivity (Wildman–Crippen MR) is 295 cm³/mol. The molecule has 10 aromatic carbocycles. The normalized spacial score (nSPS) is 13.0. The molecule has 4 aromatic heterocycles. The van der Waals surface area contributed by atoms with Crippen LogP contribution in [-0.4, -0.2) is 24.1 Å². The first-order valence-corrected chi connectivity index (χ1v) is 24.6. The number of rotatable bonds is 6. The molecule has 0 saturated carbocycles. The summed E-state index contributed by atoms with van der Waals surface area (Å²) in [6.45, 7) is 4.75. The fraction of sp³-hybridized carbons (Fsp3) is 0.0455. The Morgan fingerprint density at radius 2 is 0.861 bits per heavy atom. The van der Waals surface area contributed by atoms with E-state index in [1.54, 1.807) is 0 Å². The Morgan fingerprint density at radius 1 is 0.319 bits per heavy atom. The Hall–Kier alpha value is -9.39. The molecule has 0 aliphatic heterocycles. The third-order valence-electron chi connectivity index (χ3n) is 15.1. The van der Waals surface area contributed by atoms with E-state index in [9.17, 15) is 0 Å². The van der Waals surface area contributed by atoms with Gasteiger partial charge in [-0.25, -0.2) is 15.0 Å². The van der Waals surface area contributed by atoms with Gasteiger partial charge in [-0.2, -0.15) is 0 Å². The van der Waals surface area contributed by atoms with Crippen LogP contribution in [0.4, 0.5) is 0 Å². The first-order valence-electron chi connectivity index (χ1n) is 24.6. The zero-order valence-corrected chi connectivity index (χ0v) is 39.5. The molecule has 6 nitrogen and oxygen atoms in total. The number of nitrogens with zero attached hydrogens (tertiary/aromatic N) is 5. The number of furan rings is 1. The minimum Gasteiger partial charge on any atom is -0.456 e. The molecule has 1 aliphatic rings. The Labute approximate surface area is 414 Å². The van der Waals surface area contributed by atoms with Crippen LogP contribution < -0.4 is 0 Å². The van der Waals surface area contributed by atoms with Crippen LogP contribution in [0.1, 0.15) is 25.0 Å². The van der Waals surface area contributed by atoms with Crippen molar-refractivity contribution in [2.75, 3.05) is 0 Å². The van der Waals surface area contributed by atoms with Gasteiger partial charge < -0.3 is 13.6 Å². The molecule has 0 saturated heterocycles. The summed E-state index contributed by atoms with van der Waals surface area (Å²) in [4.78, 5) is 15.2. The maximum Gasteiger partial charge on any atom is 0.164 e. The molecule has 0 amide bonds. The van der Waals surface area contributed by atoms with E-state index in [1.807, 2.05) is 66.7 Å². The third kappa shape index (κ3) is 6.05. The highest BCUT2D eigenvalue weighted by Gasteiger charge is 2.37. The minimum atomic E-state index is -0.187. The van der Waals surface area contributed by atoms with Gasteiger partial charge in [-0.15, -0.1) is 0 Å². The maximum atomic E-state index is 6.56. The van der Waals surface area contributed by atoms with Gasteiger partial charge >= 0.3 is 0 Å². The number of fused-ring (bicyclic) bond motifs is 12. The summed E-state index contributed by atoms with van der Waals surface area (Å²) in [7, 11) is 0. The summed E-state index contributed by atoms with van der Waals surface area (Å²) in [5.74, 6) is 1.87. The van der Waals surface area contributed by atoms with E-state index in [1.165, 1.54) is 55.3 Å². The highest BCUT2D eigenvalue weighted by Crippen LogP contribution is 2.52. The fourth-order valence-corrected chi connectivity index (χ4v) is 11.7. The molecule has 72 heavy (non-hydrogen) atoms. The summed E-state index contributed by atoms with van der Waals surface area (Å²) in [6.07, 6.45) is 0. The molecule has 0 fully saturated rings. The van der Waals surface area contributed by atoms with E-state index in [-0.39, 0.29) is 5.41 Å². The second-order valence-corrected chi connectivity index (χ2v) is 19.6. The van der Waals surface area contributed by atoms with Crippen molar-refractivity contribution in [3.8, 4) is 67.8 Å². The molecular formula is C66H43N5O. The van der Waals surface area contributed by atoms with E-state index in [0.29, 0.717) is 17.5 Å². The smallest absolute Gasteiger partial charge is 0.164 e. The predicted octanol–water partition coefficient (Wildman–Crippen LogP) is 16.9. The fourth-order valence-electron chi connectivity index (χ4n) is 11.7. The standard InChI is InChI=1S/C66H43N5O/c1-66(2)55-31-29-42(34-49(55)50-36-52-47-25-12-14-27-57(47)70(59(52)38-56(50)66)45-22-10-5-11-23-45)43-30-32-58-51(35-43)53-37-54-48-26-13-15-28-61(48)72-62(54)39-60(53)71(58)46-24-16-21-44(33-46)65-68-63(40-17-6-3-7-18-40)67-64(69-65)41-19-8-4-9-20-41/h3-39H,1-2H3. The van der Waals surface area contributed by atoms with Gasteiger partial charge in [-0.3, -0.25) is 0 Å². The third-order valence-corrected chi connectivity index (χ3v) is 15.1. The van der Waals surface area contributed by atoms with Gasteiger partial charge in [-0.05, 0) is 106 Å². The lowest BCUT2D eigenvalue weighted by Gasteiger charge is -2.22. The van der Waals surface area contributed by atoms with Gasteiger partial charge in [0, 0.05) is 71.9 Å². The minimum absolute atomic E-state index is 0.187. The summed E-state index contributed by atoms with van der Waals surface area (Å²) < 4.78 is 11.4. The van der Waals surface area contributed by atoms with Crippen LogP contribution in [0.25, 0.3) is 133 Å². The van der Waals surface area contributed by atoms with Crippen LogP contribution in [0.5, 0.6) is 0 Å². The second kappa shape index (κ2) is 15.3. The van der Waals surface area contributed by atoms with E-state index in [4.69, 9.17) is 19.4 Å². The lowest BCUT2D eigenvalue weighted by molar-refractivity contribution is 0.661. The summed E-state index contributed by atoms with van der Waals surface area (Å²) >= 11 is 0. The average molecular weight is 922 g/mol. The molecule has 0 spiro atoms. The number of hydrogen-bond acceptors (Lipinski definition) is 4. The van der Waals surface area contributed by atoms with Crippen molar-refractivity contribution >= 4 is 65.6 Å². The van der Waals surface area contributed by atoms with Gasteiger partial charge in [-0.1, -0.05) is 159 Å². The van der Waals surface area contributed by atoms with Crippen molar-refractivity contribution in [2.45, 2.75) is 19.3 Å². The molecule has 338 valence electrons. The van der Waals surface area contributed by atoms with Crippen LogP contribution >= 0.6 is 0 Å². The Balaban J connectivity index is 0.908. The van der Waals surface area contributed by atoms with Gasteiger partial charge in [0.1, 0.15) is 11.2 Å². The second-order valence-electron chi connectivity index (χ2n) is 19.6. The van der Waals surface area contributed by atoms with Gasteiger partial charge in [0.25, 0.3) is 0 Å². The van der Waals surface area contributed by atoms with E-state index in [0.717, 1.165) is 71.7 Å². The van der Waals surface area contributed by atoms with Gasteiger partial charge in [0.05, 0.1) is 22.1 Å². The molecule has 0 unspecified atom stereocenters. The van der Waals surface area contributed by atoms with Crippen molar-refractivity contribution in [1.29, 1.82) is 0 Å². The number of para-hydroxylation sites is 3. The van der Waals surface area contributed by atoms with Crippen LogP contribution in [0.3, 0.4) is 0 Å². The molecule has 0 bridgehead atoms. The lowest BCUT2D eigenvalue weighted by atomic mass is 9.82. The first-order chi connectivity index (χ1) is 35.4. The van der Waals surface area contributed by atoms with Crippen molar-refractivity contribution in [3.63, 3.8) is 0 Å². The Morgan fingerprint density at radius 3 is 1.62 bits per heavy atom. The van der Waals surface area contributed by atoms with Crippen LogP contribution in [0.2, 0.25) is 0 Å². The summed E-state index contributed by atoms with van der Waals surface area (Å²) in [6, 6.07) is 80.2. The molecule has 15 rings (SSSR count). The van der Waals surface area contributed by atoms with Crippen LogP contribution in [0.15, 0.2) is 229 Å². The number of aromatic nitrogens is 5. The van der Waals surface area contributed by atoms with E-state index in [2.05, 4.69) is 181 Å². The summed E-state index contributed by atoms with van der Waals surface area (Å²) in [5, 5.41) is 7.04. The van der Waals surface area contributed by atoms with Crippen LogP contribution in [-0.2, 0) is 5.41 Å². The summed E-state index contributed by atoms with van der Waals surface area (Å²) in [5.41, 5.74) is 18.7. The molecule has 0 N–H and O–H groups in total. The van der Waals surface area contributed by atoms with Crippen molar-refractivity contribution < 1.29 is 4.42 Å². The molecule has 0 radical (unpaired) electrons. The topological polar surface area (TPSA) is 61.7 Å². The largest absolute Gasteiger partial charge is 0.456 e. The quantitative estimate of drug-likeness (QED) is 0.167. The monoisotopic (exact) mass is 921 g/mol. The maximum absolute atomic E-state index is 6.56. The Kier molecular flexibility index (Phi) is 8.61. The number of benzene rings is 10. The van der Waals surface area contributed by atoms with E-state index >= 15 is 0 Å². The zero-order valence-electron chi connectivity index (χ0n) is 39.5. The molecule has 14 aromatic rings. The SMILES string of the molecule is CC1(C)c2ccc(-c3ccc4c(c3)c3cc5c(cc3n4-c3cccc(-c4nc(-c6ccccc6)nc(-c6ccccc6)n4)c3)oc3ccccc35)cc2-c2cc3c4ccccc4n(-c4ccccc4)c3cc21. The molecular weight excluding hydrogens is 879 g/mol. The highest BCUT2D eigenvalue weighted by atomic mass is 16.3. The molecule has 4 heterocycles. The first kappa shape index (κ1) is 40.5. The van der Waals surface area contributed by atoms with Crippen molar-refractivity contribution in [1.82, 2.24) is 24.1 Å². The highest BCUT2D eigenvalue weighted by molar-refractivity contribution is 6.18. The van der Waals surface area contributed by atoms with E-state index < -0.39 is 0 Å². The average Bonchev–Trinajstić information content (AvgIpc) is 4.14. The van der Waals surface area contributed by atoms with Crippen molar-refractivity contribution in [3.05, 3.63) is 236 Å². The van der Waals surface area contributed by atoms with Crippen LogP contribution in [0, 0.1) is 0 Å². The molecule has 1 aliphatic carbocycles. The van der Waals surface area contributed by atoms with Gasteiger partial charge in [0.2, 0.25) is 0 Å². The number of hydrogen-bond donors (Lipinski definition) is 0. The molecule has 0 atom stereocenters. The van der Waals surface area contributed by atoms with Gasteiger partial charge in [0.15, 0.2) is 17.5 Å². The Bertz CT molecular complexity index is 4470.